The molecule has 3 N–H and O–H groups in total. The Kier molecular flexibility index (Phi) is 60.0. The fraction of sp³-hybridized carbons (Fsp3) is 0.879. The third kappa shape index (κ3) is 57.4. The summed E-state index contributed by atoms with van der Waals surface area (Å²) in [5, 5.41) is 23.2. The molecule has 6 nitrogen and oxygen atoms in total. The molecule has 0 heterocycles. The predicted molar refractivity (Wildman–Crippen MR) is 315 cm³/mol. The van der Waals surface area contributed by atoms with Gasteiger partial charge in [0.25, 0.3) is 0 Å². The summed E-state index contributed by atoms with van der Waals surface area (Å²) >= 11 is 0. The first-order chi connectivity index (χ1) is 35.5. The van der Waals surface area contributed by atoms with Crippen molar-refractivity contribution in [3.63, 3.8) is 0 Å². The summed E-state index contributed by atoms with van der Waals surface area (Å²) in [5.41, 5.74) is 0. The van der Waals surface area contributed by atoms with Crippen molar-refractivity contribution in [1.82, 2.24) is 5.32 Å². The molecule has 0 aliphatic carbocycles. The maximum absolute atomic E-state index is 12.5. The second-order valence-electron chi connectivity index (χ2n) is 22.1. The lowest BCUT2D eigenvalue weighted by Crippen LogP contribution is -2.45. The third-order valence-corrected chi connectivity index (χ3v) is 14.9. The van der Waals surface area contributed by atoms with E-state index in [1.54, 1.807) is 6.08 Å². The Morgan fingerprint density at radius 2 is 0.653 bits per heavy atom. The highest BCUT2D eigenvalue weighted by Gasteiger charge is 2.18. The Morgan fingerprint density at radius 1 is 0.375 bits per heavy atom. The van der Waals surface area contributed by atoms with E-state index in [1.165, 1.54) is 270 Å². The number of ether oxygens (including phenoxy) is 1. The maximum Gasteiger partial charge on any atom is 0.305 e. The number of carbonyl (C=O) groups is 2. The van der Waals surface area contributed by atoms with Gasteiger partial charge in [-0.3, -0.25) is 9.59 Å². The zero-order valence-corrected chi connectivity index (χ0v) is 48.4. The van der Waals surface area contributed by atoms with Crippen LogP contribution in [0.1, 0.15) is 348 Å². The topological polar surface area (TPSA) is 95.9 Å². The first-order valence-corrected chi connectivity index (χ1v) is 32.3. The molecule has 0 aromatic rings. The minimum absolute atomic E-state index is 0.00256. The standard InChI is InChI=1S/C66H125NO5/c1-3-5-7-9-11-13-15-17-19-20-28-31-34-38-42-46-50-54-58-64(69)63(62-68)67-65(70)59-55-51-47-43-39-35-32-29-26-24-22-21-23-25-27-30-33-37-41-45-49-53-57-61-72-66(71)60-56-52-48-44-40-36-18-16-14-12-10-8-6-4-2/h16,18,24,26,54,58,63-64,68-69H,3-15,17,19-23,25,27-53,55-57,59-62H2,1-2H3,(H,67,70)/b18-16-,26-24-,58-54+. The molecule has 0 rings (SSSR count). The summed E-state index contributed by atoms with van der Waals surface area (Å²) < 4.78 is 5.48. The molecule has 0 saturated heterocycles. The predicted octanol–water partition coefficient (Wildman–Crippen LogP) is 20.4. The monoisotopic (exact) mass is 1010 g/mol. The van der Waals surface area contributed by atoms with Gasteiger partial charge in [-0.1, -0.05) is 288 Å². The van der Waals surface area contributed by atoms with Crippen molar-refractivity contribution in [2.24, 2.45) is 0 Å². The van der Waals surface area contributed by atoms with Crippen molar-refractivity contribution >= 4 is 11.9 Å². The minimum Gasteiger partial charge on any atom is -0.466 e. The van der Waals surface area contributed by atoms with E-state index in [0.717, 1.165) is 51.4 Å². The van der Waals surface area contributed by atoms with Gasteiger partial charge in [-0.05, 0) is 83.5 Å². The minimum atomic E-state index is -0.849. The Hall–Kier alpha value is -1.92. The summed E-state index contributed by atoms with van der Waals surface area (Å²) in [6.07, 6.45) is 77.6. The molecule has 72 heavy (non-hydrogen) atoms. The molecular formula is C66H125NO5. The van der Waals surface area contributed by atoms with E-state index in [9.17, 15) is 19.8 Å². The normalized spacial score (nSPS) is 12.8. The van der Waals surface area contributed by atoms with Gasteiger partial charge in [0.2, 0.25) is 5.91 Å². The van der Waals surface area contributed by atoms with E-state index in [2.05, 4.69) is 43.5 Å². The number of hydrogen-bond donors (Lipinski definition) is 3. The second kappa shape index (κ2) is 61.6. The summed E-state index contributed by atoms with van der Waals surface area (Å²) in [4.78, 5) is 24.5. The zero-order chi connectivity index (χ0) is 52.2. The molecule has 0 aliphatic rings. The molecule has 0 aliphatic heterocycles. The van der Waals surface area contributed by atoms with Crippen LogP contribution in [0, 0.1) is 0 Å². The highest BCUT2D eigenvalue weighted by Crippen LogP contribution is 2.17. The molecule has 1 amide bonds. The molecule has 0 aromatic heterocycles. The Balaban J connectivity index is 3.44. The number of amides is 1. The van der Waals surface area contributed by atoms with Gasteiger partial charge in [0.05, 0.1) is 25.4 Å². The lowest BCUT2D eigenvalue weighted by Gasteiger charge is -2.20. The van der Waals surface area contributed by atoms with E-state index < -0.39 is 12.1 Å². The van der Waals surface area contributed by atoms with Gasteiger partial charge in [0.15, 0.2) is 0 Å². The second-order valence-corrected chi connectivity index (χ2v) is 22.1. The average molecular weight is 1010 g/mol. The fourth-order valence-electron chi connectivity index (χ4n) is 9.92. The molecule has 0 bridgehead atoms. The van der Waals surface area contributed by atoms with Crippen LogP contribution < -0.4 is 5.32 Å². The van der Waals surface area contributed by atoms with Crippen molar-refractivity contribution in [3.05, 3.63) is 36.5 Å². The van der Waals surface area contributed by atoms with E-state index in [4.69, 9.17) is 4.74 Å². The van der Waals surface area contributed by atoms with Crippen LogP contribution >= 0.6 is 0 Å². The number of nitrogens with one attached hydrogen (secondary N) is 1. The maximum atomic E-state index is 12.5. The Labute approximate surface area is 449 Å². The van der Waals surface area contributed by atoms with E-state index in [-0.39, 0.29) is 18.5 Å². The molecular weight excluding hydrogens is 887 g/mol. The fourth-order valence-corrected chi connectivity index (χ4v) is 9.92. The Morgan fingerprint density at radius 3 is 0.986 bits per heavy atom. The van der Waals surface area contributed by atoms with E-state index in [1.807, 2.05) is 6.08 Å². The van der Waals surface area contributed by atoms with Gasteiger partial charge in [-0.2, -0.15) is 0 Å². The van der Waals surface area contributed by atoms with Crippen LogP contribution in [0.3, 0.4) is 0 Å². The molecule has 0 spiro atoms. The van der Waals surface area contributed by atoms with Gasteiger partial charge in [0, 0.05) is 12.8 Å². The lowest BCUT2D eigenvalue weighted by atomic mass is 10.0. The van der Waals surface area contributed by atoms with Gasteiger partial charge in [-0.25, -0.2) is 0 Å². The molecule has 424 valence electrons. The third-order valence-electron chi connectivity index (χ3n) is 14.9. The molecule has 0 saturated carbocycles. The number of carbonyl (C=O) groups excluding carboxylic acids is 2. The van der Waals surface area contributed by atoms with Crippen LogP contribution in [0.15, 0.2) is 36.5 Å². The van der Waals surface area contributed by atoms with Crippen LogP contribution in [0.4, 0.5) is 0 Å². The summed E-state index contributed by atoms with van der Waals surface area (Å²) in [7, 11) is 0. The van der Waals surface area contributed by atoms with Crippen molar-refractivity contribution in [2.45, 2.75) is 360 Å². The van der Waals surface area contributed by atoms with Crippen molar-refractivity contribution in [2.75, 3.05) is 13.2 Å². The molecule has 6 heteroatoms. The first-order valence-electron chi connectivity index (χ1n) is 32.3. The van der Waals surface area contributed by atoms with Crippen molar-refractivity contribution in [1.29, 1.82) is 0 Å². The number of hydrogen-bond acceptors (Lipinski definition) is 5. The number of allylic oxidation sites excluding steroid dienone is 5. The smallest absolute Gasteiger partial charge is 0.305 e. The largest absolute Gasteiger partial charge is 0.466 e. The highest BCUT2D eigenvalue weighted by atomic mass is 16.5. The van der Waals surface area contributed by atoms with Crippen LogP contribution in [0.25, 0.3) is 0 Å². The number of unbranched alkanes of at least 4 members (excludes halogenated alkanes) is 45. The number of esters is 1. The van der Waals surface area contributed by atoms with Gasteiger partial charge < -0.3 is 20.3 Å². The summed E-state index contributed by atoms with van der Waals surface area (Å²) in [6, 6.07) is -0.633. The molecule has 2 unspecified atom stereocenters. The van der Waals surface area contributed by atoms with Crippen LogP contribution in [-0.4, -0.2) is 47.4 Å². The number of aliphatic hydroxyl groups is 2. The van der Waals surface area contributed by atoms with Gasteiger partial charge in [-0.15, -0.1) is 0 Å². The van der Waals surface area contributed by atoms with Crippen LogP contribution in [0.5, 0.6) is 0 Å². The lowest BCUT2D eigenvalue weighted by molar-refractivity contribution is -0.143. The SMILES string of the molecule is CCCCCCC/C=C\CCCCCCCC(=O)OCCCCCCCCCCCCCC/C=C\CCCCCCCCCC(=O)NC(CO)C(O)/C=C/CCCCCCCCCCCCCCCCCC. The van der Waals surface area contributed by atoms with Crippen LogP contribution in [-0.2, 0) is 14.3 Å². The Bertz CT molecular complexity index is 1170. The molecule has 2 atom stereocenters. The summed E-state index contributed by atoms with van der Waals surface area (Å²) in [5.74, 6) is -0.0697. The molecule has 0 aromatic carbocycles. The van der Waals surface area contributed by atoms with Crippen LogP contribution in [0.2, 0.25) is 0 Å². The summed E-state index contributed by atoms with van der Waals surface area (Å²) in [6.45, 7) is 4.91. The first kappa shape index (κ1) is 70.1. The molecule has 0 fully saturated rings. The quantitative estimate of drug-likeness (QED) is 0.0320. The number of rotatable bonds is 60. The zero-order valence-electron chi connectivity index (χ0n) is 48.4. The van der Waals surface area contributed by atoms with E-state index >= 15 is 0 Å². The van der Waals surface area contributed by atoms with Gasteiger partial charge in [0.1, 0.15) is 0 Å². The van der Waals surface area contributed by atoms with E-state index in [0.29, 0.717) is 19.4 Å². The number of aliphatic hydroxyl groups excluding tert-OH is 2. The average Bonchev–Trinajstić information content (AvgIpc) is 3.38. The molecule has 0 radical (unpaired) electrons. The van der Waals surface area contributed by atoms with Crippen molar-refractivity contribution < 1.29 is 24.5 Å². The highest BCUT2D eigenvalue weighted by molar-refractivity contribution is 5.76. The van der Waals surface area contributed by atoms with Crippen molar-refractivity contribution in [3.8, 4) is 0 Å². The van der Waals surface area contributed by atoms with Gasteiger partial charge >= 0.3 is 5.97 Å².